The highest BCUT2D eigenvalue weighted by molar-refractivity contribution is 6.14. The summed E-state index contributed by atoms with van der Waals surface area (Å²) in [7, 11) is 0. The van der Waals surface area contributed by atoms with Crippen LogP contribution in [0, 0.1) is 0 Å². The number of nitrogens with one attached hydrogen (secondary N) is 2. The average molecular weight is 825 g/mol. The van der Waals surface area contributed by atoms with E-state index >= 15 is 0 Å². The zero-order valence-corrected chi connectivity index (χ0v) is 34.2. The second-order valence-electron chi connectivity index (χ2n) is 15.5. The van der Waals surface area contributed by atoms with Crippen LogP contribution in [0.3, 0.4) is 0 Å². The molecule has 8 nitrogen and oxygen atoms in total. The molecule has 11 aromatic rings. The smallest absolute Gasteiger partial charge is 0.256 e. The van der Waals surface area contributed by atoms with Crippen LogP contribution in [0.4, 0.5) is 11.4 Å². The third-order valence-electron chi connectivity index (χ3n) is 11.5. The minimum atomic E-state index is -0.188. The molecule has 0 aliphatic carbocycles. The van der Waals surface area contributed by atoms with E-state index in [0.717, 1.165) is 77.0 Å². The summed E-state index contributed by atoms with van der Waals surface area (Å²) in [5.74, 6) is 0.750. The molecule has 9 aromatic carbocycles. The molecule has 2 amide bonds. The number of benzene rings is 9. The predicted molar refractivity (Wildman–Crippen MR) is 258 cm³/mol. The van der Waals surface area contributed by atoms with Gasteiger partial charge in [-0.1, -0.05) is 158 Å². The number of amides is 2. The fourth-order valence-electron chi connectivity index (χ4n) is 8.31. The molecule has 2 heterocycles. The Bertz CT molecular complexity index is 3350. The lowest BCUT2D eigenvalue weighted by atomic mass is 10.0. The van der Waals surface area contributed by atoms with E-state index in [0.29, 0.717) is 34.2 Å². The Morgan fingerprint density at radius 1 is 0.328 bits per heavy atom. The maximum absolute atomic E-state index is 13.6. The van der Waals surface area contributed by atoms with Crippen molar-refractivity contribution in [2.75, 3.05) is 10.6 Å². The summed E-state index contributed by atoms with van der Waals surface area (Å²) >= 11 is 0. The average Bonchev–Trinajstić information content (AvgIpc) is 3.36. The van der Waals surface area contributed by atoms with Crippen LogP contribution in [0.5, 0.6) is 0 Å². The van der Waals surface area contributed by atoms with Gasteiger partial charge in [-0.05, 0) is 70.1 Å². The molecule has 2 aromatic heterocycles. The Morgan fingerprint density at radius 2 is 0.719 bits per heavy atom. The molecule has 8 heteroatoms. The summed E-state index contributed by atoms with van der Waals surface area (Å²) in [5, 5.41) is 11.7. The van der Waals surface area contributed by atoms with Crippen molar-refractivity contribution in [1.29, 1.82) is 0 Å². The number of fused-ring (bicyclic) bond motifs is 4. The van der Waals surface area contributed by atoms with Crippen molar-refractivity contribution in [1.82, 2.24) is 19.9 Å². The minimum Gasteiger partial charge on any atom is -0.322 e. The van der Waals surface area contributed by atoms with Gasteiger partial charge in [0, 0.05) is 55.5 Å². The van der Waals surface area contributed by atoms with Gasteiger partial charge in [0.1, 0.15) is 0 Å². The molecule has 0 spiro atoms. The zero-order valence-electron chi connectivity index (χ0n) is 34.2. The van der Waals surface area contributed by atoms with Crippen molar-refractivity contribution in [2.45, 2.75) is 0 Å². The second-order valence-corrected chi connectivity index (χ2v) is 15.5. The fraction of sp³-hybridized carbons (Fsp3) is 0. The standard InChI is InChI=1S/C56H36N6O2/c63-55(45-23-11-19-35-13-7-9-21-43(35)45)57-41-29-31-49-47(33-41)51(37-15-3-1-4-16-37)61-53(59-49)39-25-27-40(28-26-39)54-60-50-32-30-42(34-48(50)52(62-54)38-17-5-2-6-18-38)58-56(64)46-24-12-20-36-14-8-10-22-44(36)46/h1-34H,(H,57,63)(H,58,64). The summed E-state index contributed by atoms with van der Waals surface area (Å²) in [6.07, 6.45) is 0. The van der Waals surface area contributed by atoms with E-state index in [1.54, 1.807) is 0 Å². The molecule has 0 unspecified atom stereocenters. The van der Waals surface area contributed by atoms with Crippen molar-refractivity contribution in [2.24, 2.45) is 0 Å². The molecule has 11 rings (SSSR count). The van der Waals surface area contributed by atoms with Crippen molar-refractivity contribution < 1.29 is 9.59 Å². The van der Waals surface area contributed by atoms with Gasteiger partial charge in [0.25, 0.3) is 11.8 Å². The summed E-state index contributed by atoms with van der Waals surface area (Å²) in [4.78, 5) is 47.5. The SMILES string of the molecule is O=C(Nc1ccc2nc(-c3ccc(-c4nc(-c5ccccc5)c5cc(NC(=O)c6cccc7ccccc67)ccc5n4)cc3)nc(-c3ccccc3)c2c1)c1cccc2ccccc12. The van der Waals surface area contributed by atoms with Crippen molar-refractivity contribution in [3.8, 4) is 45.3 Å². The highest BCUT2D eigenvalue weighted by Gasteiger charge is 2.18. The summed E-state index contributed by atoms with van der Waals surface area (Å²) < 4.78 is 0. The highest BCUT2D eigenvalue weighted by atomic mass is 16.2. The number of carbonyl (C=O) groups excluding carboxylic acids is 2. The monoisotopic (exact) mass is 824 g/mol. The number of hydrogen-bond acceptors (Lipinski definition) is 6. The number of rotatable bonds is 8. The van der Waals surface area contributed by atoms with Crippen LogP contribution in [0.1, 0.15) is 20.7 Å². The largest absolute Gasteiger partial charge is 0.322 e. The van der Waals surface area contributed by atoms with Crippen molar-refractivity contribution in [3.05, 3.63) is 217 Å². The van der Waals surface area contributed by atoms with Crippen LogP contribution >= 0.6 is 0 Å². The number of aromatic nitrogens is 4. The molecule has 302 valence electrons. The second kappa shape index (κ2) is 16.2. The number of hydrogen-bond donors (Lipinski definition) is 2. The molecule has 0 radical (unpaired) electrons. The predicted octanol–water partition coefficient (Wildman–Crippen LogP) is 13.1. The van der Waals surface area contributed by atoms with Gasteiger partial charge in [-0.15, -0.1) is 0 Å². The van der Waals surface area contributed by atoms with Crippen LogP contribution in [0.2, 0.25) is 0 Å². The fourth-order valence-corrected chi connectivity index (χ4v) is 8.31. The molecular weight excluding hydrogens is 789 g/mol. The van der Waals surface area contributed by atoms with E-state index in [1.165, 1.54) is 0 Å². The molecule has 0 saturated carbocycles. The van der Waals surface area contributed by atoms with E-state index in [4.69, 9.17) is 19.9 Å². The normalized spacial score (nSPS) is 11.2. The van der Waals surface area contributed by atoms with Gasteiger partial charge in [0.15, 0.2) is 11.6 Å². The van der Waals surface area contributed by atoms with Gasteiger partial charge >= 0.3 is 0 Å². The van der Waals surface area contributed by atoms with Gasteiger partial charge in [-0.25, -0.2) is 19.9 Å². The quantitative estimate of drug-likeness (QED) is 0.158. The van der Waals surface area contributed by atoms with Crippen LogP contribution in [0.25, 0.3) is 88.6 Å². The lowest BCUT2D eigenvalue weighted by molar-refractivity contribution is 0.102. The van der Waals surface area contributed by atoms with Gasteiger partial charge in [0.2, 0.25) is 0 Å². The Hall–Kier alpha value is -8.88. The Balaban J connectivity index is 0.924. The van der Waals surface area contributed by atoms with Crippen LogP contribution < -0.4 is 10.6 Å². The number of nitrogens with zero attached hydrogens (tertiary/aromatic N) is 4. The summed E-state index contributed by atoms with van der Waals surface area (Å²) in [6.45, 7) is 0. The Morgan fingerprint density at radius 3 is 1.16 bits per heavy atom. The summed E-state index contributed by atoms with van der Waals surface area (Å²) in [6, 6.07) is 66.7. The number of anilines is 2. The van der Waals surface area contributed by atoms with Crippen molar-refractivity contribution in [3.63, 3.8) is 0 Å². The van der Waals surface area contributed by atoms with Gasteiger partial charge in [-0.2, -0.15) is 0 Å². The molecule has 64 heavy (non-hydrogen) atoms. The Labute approximate surface area is 368 Å². The molecule has 2 N–H and O–H groups in total. The van der Waals surface area contributed by atoms with Crippen LogP contribution in [-0.2, 0) is 0 Å². The topological polar surface area (TPSA) is 110 Å². The third-order valence-corrected chi connectivity index (χ3v) is 11.5. The summed E-state index contributed by atoms with van der Waals surface area (Å²) in [5.41, 5.74) is 9.02. The van der Waals surface area contributed by atoms with E-state index in [2.05, 4.69) is 10.6 Å². The zero-order chi connectivity index (χ0) is 43.0. The molecule has 0 atom stereocenters. The Kier molecular flexibility index (Phi) is 9.63. The van der Waals surface area contributed by atoms with E-state index < -0.39 is 0 Å². The van der Waals surface area contributed by atoms with E-state index in [-0.39, 0.29) is 11.8 Å². The molecule has 0 aliphatic heterocycles. The maximum Gasteiger partial charge on any atom is 0.256 e. The first-order valence-electron chi connectivity index (χ1n) is 21.0. The molecule has 0 bridgehead atoms. The maximum atomic E-state index is 13.6. The van der Waals surface area contributed by atoms with Gasteiger partial charge in [0.05, 0.1) is 22.4 Å². The van der Waals surface area contributed by atoms with Crippen molar-refractivity contribution >= 4 is 66.5 Å². The van der Waals surface area contributed by atoms with Gasteiger partial charge in [-0.3, -0.25) is 9.59 Å². The minimum absolute atomic E-state index is 0.188. The first-order valence-corrected chi connectivity index (χ1v) is 21.0. The highest BCUT2D eigenvalue weighted by Crippen LogP contribution is 2.34. The van der Waals surface area contributed by atoms with E-state index in [1.807, 2.05) is 206 Å². The molecule has 0 fully saturated rings. The van der Waals surface area contributed by atoms with Crippen LogP contribution in [-0.4, -0.2) is 31.8 Å². The molecular formula is C56H36N6O2. The molecule has 0 aliphatic rings. The van der Waals surface area contributed by atoms with Crippen LogP contribution in [0.15, 0.2) is 206 Å². The number of carbonyl (C=O) groups is 2. The lowest BCUT2D eigenvalue weighted by Gasteiger charge is -2.13. The van der Waals surface area contributed by atoms with E-state index in [9.17, 15) is 9.59 Å². The van der Waals surface area contributed by atoms with Gasteiger partial charge < -0.3 is 10.6 Å². The lowest BCUT2D eigenvalue weighted by Crippen LogP contribution is -2.12. The molecule has 0 saturated heterocycles. The first-order chi connectivity index (χ1) is 31.5. The first kappa shape index (κ1) is 38.1. The third kappa shape index (κ3) is 7.25.